The molecule has 0 atom stereocenters. The predicted octanol–water partition coefficient (Wildman–Crippen LogP) is 2.75. The highest BCUT2D eigenvalue weighted by molar-refractivity contribution is 7.79. The van der Waals surface area contributed by atoms with Gasteiger partial charge < -0.3 is 10.0 Å². The van der Waals surface area contributed by atoms with Gasteiger partial charge in [0.25, 0.3) is 0 Å². The summed E-state index contributed by atoms with van der Waals surface area (Å²) in [5.41, 5.74) is 0.693. The molecule has 0 aliphatic heterocycles. The molecule has 7 nitrogen and oxygen atoms in total. The monoisotopic (exact) mass is 395 g/mol. The van der Waals surface area contributed by atoms with Crippen molar-refractivity contribution in [1.29, 1.82) is 0 Å². The Bertz CT molecular complexity index is 759. The number of hydrogen-bond donors (Lipinski definition) is 3. The third-order valence-corrected chi connectivity index (χ3v) is 4.06. The van der Waals surface area contributed by atoms with Crippen LogP contribution in [0.3, 0.4) is 0 Å². The summed E-state index contributed by atoms with van der Waals surface area (Å²) >= 11 is 0. The molecular formula is C19H25NO6S. The Morgan fingerprint density at radius 1 is 0.926 bits per heavy atom. The number of carbonyl (C=O) groups is 1. The highest BCUT2D eigenvalue weighted by Crippen LogP contribution is 2.37. The smallest absolute Gasteiger partial charge is 0.394 e. The lowest BCUT2D eigenvalue weighted by molar-refractivity contribution is -0.142. The average Bonchev–Trinajstić information content (AvgIpc) is 2.58. The maximum atomic E-state index is 12.3. The second kappa shape index (κ2) is 10.2. The van der Waals surface area contributed by atoms with Gasteiger partial charge in [0.1, 0.15) is 5.41 Å². The molecule has 3 N–H and O–H groups in total. The number of rotatable bonds is 7. The van der Waals surface area contributed by atoms with Gasteiger partial charge in [-0.2, -0.15) is 8.42 Å². The van der Waals surface area contributed by atoms with E-state index in [0.29, 0.717) is 6.42 Å². The number of carboxylic acids is 1. The van der Waals surface area contributed by atoms with Gasteiger partial charge in [-0.1, -0.05) is 60.7 Å². The lowest BCUT2D eigenvalue weighted by Crippen LogP contribution is -2.37. The van der Waals surface area contributed by atoms with Crippen molar-refractivity contribution < 1.29 is 27.4 Å². The van der Waals surface area contributed by atoms with Gasteiger partial charge in [0.05, 0.1) is 0 Å². The minimum Gasteiger partial charge on any atom is -0.480 e. The molecule has 0 bridgehead atoms. The molecule has 0 heterocycles. The van der Waals surface area contributed by atoms with E-state index < -0.39 is 21.8 Å². The molecule has 2 aromatic carbocycles. The van der Waals surface area contributed by atoms with Crippen LogP contribution >= 0.6 is 0 Å². The zero-order chi connectivity index (χ0) is 20.5. The minimum atomic E-state index is -4.67. The molecule has 0 amide bonds. The highest BCUT2D eigenvalue weighted by atomic mass is 32.3. The number of hydrogen-bond acceptors (Lipinski definition) is 4. The molecule has 0 saturated carbocycles. The van der Waals surface area contributed by atoms with E-state index in [1.165, 1.54) is 0 Å². The Morgan fingerprint density at radius 2 is 1.30 bits per heavy atom. The second-order valence-electron chi connectivity index (χ2n) is 6.30. The first kappa shape index (κ1) is 22.8. The topological polar surface area (TPSA) is 115 Å². The molecule has 0 radical (unpaired) electrons. The molecule has 148 valence electrons. The minimum absolute atomic E-state index is 0.578. The van der Waals surface area contributed by atoms with Gasteiger partial charge in [-0.3, -0.25) is 13.9 Å². The standard InChI is InChI=1S/C19H23NO2.H2O4S/c1-20(2)15-9-14-19(18(21)22,16-10-5-3-6-11-16)17-12-7-4-8-13-17;1-5(2,3)4/h3-8,10-13H,9,14-15H2,1-2H3,(H,21,22);(H2,1,2,3,4). The average molecular weight is 395 g/mol. The van der Waals surface area contributed by atoms with Crippen molar-refractivity contribution in [2.24, 2.45) is 0 Å². The summed E-state index contributed by atoms with van der Waals surface area (Å²) in [7, 11) is -0.652. The summed E-state index contributed by atoms with van der Waals surface area (Å²) in [6.07, 6.45) is 1.40. The van der Waals surface area contributed by atoms with Gasteiger partial charge in [-0.15, -0.1) is 0 Å². The van der Waals surface area contributed by atoms with Crippen molar-refractivity contribution >= 4 is 16.4 Å². The first-order chi connectivity index (χ1) is 12.6. The van der Waals surface area contributed by atoms with E-state index in [0.717, 1.165) is 24.1 Å². The van der Waals surface area contributed by atoms with Gasteiger partial charge in [0.2, 0.25) is 0 Å². The Labute approximate surface area is 159 Å². The van der Waals surface area contributed by atoms with Crippen LogP contribution < -0.4 is 0 Å². The van der Waals surface area contributed by atoms with Crippen LogP contribution in [0.5, 0.6) is 0 Å². The van der Waals surface area contributed by atoms with Crippen LogP contribution in [-0.2, 0) is 20.6 Å². The van der Waals surface area contributed by atoms with Crippen LogP contribution in [0.4, 0.5) is 0 Å². The maximum absolute atomic E-state index is 12.3. The number of nitrogens with zero attached hydrogens (tertiary/aromatic N) is 1. The summed E-state index contributed by atoms with van der Waals surface area (Å²) in [6.45, 7) is 0.870. The first-order valence-corrected chi connectivity index (χ1v) is 9.66. The summed E-state index contributed by atoms with van der Waals surface area (Å²) in [6, 6.07) is 19.1. The summed E-state index contributed by atoms with van der Waals surface area (Å²) in [5.74, 6) is -0.788. The third kappa shape index (κ3) is 7.48. The number of benzene rings is 2. The van der Waals surface area contributed by atoms with E-state index in [-0.39, 0.29) is 0 Å². The predicted molar refractivity (Wildman–Crippen MR) is 103 cm³/mol. The summed E-state index contributed by atoms with van der Waals surface area (Å²) < 4.78 is 31.6. The van der Waals surface area contributed by atoms with Crippen LogP contribution in [0.2, 0.25) is 0 Å². The Balaban J connectivity index is 0.000000646. The molecule has 0 aliphatic rings. The fourth-order valence-electron chi connectivity index (χ4n) is 2.92. The SMILES string of the molecule is CN(C)CCCC(C(=O)O)(c1ccccc1)c1ccccc1.O=S(=O)(O)O. The maximum Gasteiger partial charge on any atom is 0.394 e. The lowest BCUT2D eigenvalue weighted by Gasteiger charge is -2.31. The molecule has 0 fully saturated rings. The lowest BCUT2D eigenvalue weighted by atomic mass is 9.71. The van der Waals surface area contributed by atoms with Gasteiger partial charge in [0.15, 0.2) is 0 Å². The second-order valence-corrected chi connectivity index (χ2v) is 7.19. The molecular weight excluding hydrogens is 370 g/mol. The van der Waals surface area contributed by atoms with Crippen LogP contribution in [-0.4, -0.2) is 54.1 Å². The molecule has 0 aromatic heterocycles. The highest BCUT2D eigenvalue weighted by Gasteiger charge is 2.41. The zero-order valence-corrected chi connectivity index (χ0v) is 16.1. The van der Waals surface area contributed by atoms with Gasteiger partial charge in [-0.05, 0) is 44.6 Å². The van der Waals surface area contributed by atoms with Crippen molar-refractivity contribution in [2.45, 2.75) is 18.3 Å². The first-order valence-electron chi connectivity index (χ1n) is 8.26. The Kier molecular flexibility index (Phi) is 8.58. The normalized spacial score (nSPS) is 11.6. The molecule has 0 saturated heterocycles. The van der Waals surface area contributed by atoms with Gasteiger partial charge in [-0.25, -0.2) is 0 Å². The largest absolute Gasteiger partial charge is 0.480 e. The molecule has 0 aliphatic carbocycles. The van der Waals surface area contributed by atoms with Crippen LogP contribution in [0.1, 0.15) is 24.0 Å². The zero-order valence-electron chi connectivity index (χ0n) is 15.3. The van der Waals surface area contributed by atoms with Gasteiger partial charge >= 0.3 is 16.4 Å². The van der Waals surface area contributed by atoms with E-state index in [9.17, 15) is 9.90 Å². The van der Waals surface area contributed by atoms with E-state index in [1.807, 2.05) is 74.8 Å². The molecule has 2 rings (SSSR count). The summed E-state index contributed by atoms with van der Waals surface area (Å²) in [5, 5.41) is 10.1. The van der Waals surface area contributed by atoms with E-state index >= 15 is 0 Å². The van der Waals surface area contributed by atoms with E-state index in [4.69, 9.17) is 17.5 Å². The fourth-order valence-corrected chi connectivity index (χ4v) is 2.92. The van der Waals surface area contributed by atoms with Crippen molar-refractivity contribution in [2.75, 3.05) is 20.6 Å². The van der Waals surface area contributed by atoms with Crippen LogP contribution in [0.15, 0.2) is 60.7 Å². The Hall–Kier alpha value is -2.26. The van der Waals surface area contributed by atoms with Crippen LogP contribution in [0.25, 0.3) is 0 Å². The number of aliphatic carboxylic acids is 1. The van der Waals surface area contributed by atoms with Crippen molar-refractivity contribution in [1.82, 2.24) is 4.90 Å². The quantitative estimate of drug-likeness (QED) is 0.617. The number of carboxylic acid groups (broad SMARTS) is 1. The van der Waals surface area contributed by atoms with Crippen molar-refractivity contribution in [3.05, 3.63) is 71.8 Å². The van der Waals surface area contributed by atoms with E-state index in [1.54, 1.807) is 0 Å². The third-order valence-electron chi connectivity index (χ3n) is 4.06. The molecule has 8 heteroatoms. The van der Waals surface area contributed by atoms with Crippen molar-refractivity contribution in [3.8, 4) is 0 Å². The molecule has 2 aromatic rings. The van der Waals surface area contributed by atoms with Gasteiger partial charge in [0, 0.05) is 0 Å². The van der Waals surface area contributed by atoms with Crippen LogP contribution in [0, 0.1) is 0 Å². The molecule has 0 spiro atoms. The van der Waals surface area contributed by atoms with E-state index in [2.05, 4.69) is 4.90 Å². The summed E-state index contributed by atoms with van der Waals surface area (Å²) in [4.78, 5) is 14.4. The molecule has 27 heavy (non-hydrogen) atoms. The molecule has 0 unspecified atom stereocenters. The van der Waals surface area contributed by atoms with Crippen molar-refractivity contribution in [3.63, 3.8) is 0 Å². The Morgan fingerprint density at radius 3 is 1.59 bits per heavy atom. The fraction of sp³-hybridized carbons (Fsp3) is 0.316.